The third kappa shape index (κ3) is 4.86. The summed E-state index contributed by atoms with van der Waals surface area (Å²) in [5.41, 5.74) is 0.888. The fourth-order valence-electron chi connectivity index (χ4n) is 2.26. The second kappa shape index (κ2) is 8.83. The smallest absolute Gasteiger partial charge is 0.277 e. The number of aromatic nitrogens is 2. The van der Waals surface area contributed by atoms with E-state index in [0.717, 1.165) is 35.2 Å². The summed E-state index contributed by atoms with van der Waals surface area (Å²) in [5.74, 6) is -1.36. The zero-order valence-electron chi connectivity index (χ0n) is 15.1. The van der Waals surface area contributed by atoms with Crippen LogP contribution in [0.5, 0.6) is 5.75 Å². The van der Waals surface area contributed by atoms with E-state index in [1.807, 2.05) is 6.92 Å². The summed E-state index contributed by atoms with van der Waals surface area (Å²) in [6.07, 6.45) is 0. The van der Waals surface area contributed by atoms with Crippen LogP contribution in [0.25, 0.3) is 11.5 Å². The summed E-state index contributed by atoms with van der Waals surface area (Å²) in [6.45, 7) is 4.12. The number of ether oxygens (including phenoxy) is 1. The lowest BCUT2D eigenvalue weighted by molar-refractivity contribution is -0.115. The molecular weight excluding hydrogens is 388 g/mol. The fourth-order valence-corrected chi connectivity index (χ4v) is 2.94. The summed E-state index contributed by atoms with van der Waals surface area (Å²) in [4.78, 5) is 12.2. The van der Waals surface area contributed by atoms with Crippen molar-refractivity contribution in [3.05, 3.63) is 54.1 Å². The summed E-state index contributed by atoms with van der Waals surface area (Å²) < 4.78 is 37.2. The molecule has 1 amide bonds. The fraction of sp³-hybridized carbons (Fsp3) is 0.211. The number of halogens is 2. The largest absolute Gasteiger partial charge is 0.494 e. The van der Waals surface area contributed by atoms with Gasteiger partial charge in [0.05, 0.1) is 11.9 Å². The average Bonchev–Trinajstić information content (AvgIpc) is 3.14. The number of rotatable bonds is 7. The van der Waals surface area contributed by atoms with Crippen LogP contribution in [0, 0.1) is 11.6 Å². The van der Waals surface area contributed by atoms with Crippen LogP contribution in [0.2, 0.25) is 0 Å². The molecule has 0 unspecified atom stereocenters. The third-order valence-corrected chi connectivity index (χ3v) is 4.59. The van der Waals surface area contributed by atoms with Crippen molar-refractivity contribution in [1.29, 1.82) is 0 Å². The van der Waals surface area contributed by atoms with Crippen LogP contribution in [0.15, 0.2) is 52.1 Å². The van der Waals surface area contributed by atoms with Crippen molar-refractivity contribution >= 4 is 23.4 Å². The van der Waals surface area contributed by atoms with E-state index in [2.05, 4.69) is 15.5 Å². The van der Waals surface area contributed by atoms with E-state index in [1.165, 1.54) is 6.07 Å². The maximum absolute atomic E-state index is 13.2. The zero-order chi connectivity index (χ0) is 20.1. The molecule has 1 atom stereocenters. The highest BCUT2D eigenvalue weighted by Gasteiger charge is 2.19. The Bertz CT molecular complexity index is 963. The number of carbonyl (C=O) groups is 1. The third-order valence-electron chi connectivity index (χ3n) is 3.65. The van der Waals surface area contributed by atoms with E-state index < -0.39 is 22.8 Å². The molecule has 0 spiro atoms. The molecule has 0 aliphatic rings. The minimum atomic E-state index is -1.03. The normalized spacial score (nSPS) is 11.9. The van der Waals surface area contributed by atoms with Gasteiger partial charge in [0.15, 0.2) is 11.6 Å². The predicted molar refractivity (Wildman–Crippen MR) is 101 cm³/mol. The standard InChI is InChI=1S/C19H17F2N3O3S/c1-3-26-14-7-4-12(5-8-14)18-23-24-19(27-18)28-11(2)17(25)22-13-6-9-15(20)16(21)10-13/h4-11H,3H2,1-2H3,(H,22,25)/t11-/m0/s1. The van der Waals surface area contributed by atoms with Crippen LogP contribution in [0.1, 0.15) is 13.8 Å². The summed E-state index contributed by atoms with van der Waals surface area (Å²) in [6, 6.07) is 10.3. The summed E-state index contributed by atoms with van der Waals surface area (Å²) in [7, 11) is 0. The van der Waals surface area contributed by atoms with Gasteiger partial charge in [-0.1, -0.05) is 11.8 Å². The first-order valence-corrected chi connectivity index (χ1v) is 9.33. The molecule has 1 aromatic heterocycles. The first kappa shape index (κ1) is 19.8. The Hall–Kier alpha value is -2.94. The molecule has 6 nitrogen and oxygen atoms in total. The van der Waals surface area contributed by atoms with Crippen molar-refractivity contribution in [2.45, 2.75) is 24.3 Å². The number of hydrogen-bond acceptors (Lipinski definition) is 6. The minimum absolute atomic E-state index is 0.164. The SMILES string of the molecule is CCOc1ccc(-c2nnc(S[C@@H](C)C(=O)Nc3ccc(F)c(F)c3)o2)cc1. The van der Waals surface area contributed by atoms with Crippen LogP contribution in [-0.2, 0) is 4.79 Å². The molecule has 0 radical (unpaired) electrons. The number of carbonyl (C=O) groups excluding carboxylic acids is 1. The van der Waals surface area contributed by atoms with Gasteiger partial charge in [0, 0.05) is 17.3 Å². The van der Waals surface area contributed by atoms with E-state index in [9.17, 15) is 13.6 Å². The van der Waals surface area contributed by atoms with E-state index in [-0.39, 0.29) is 10.9 Å². The molecule has 0 saturated carbocycles. The molecule has 146 valence electrons. The van der Waals surface area contributed by atoms with Crippen molar-refractivity contribution in [3.63, 3.8) is 0 Å². The summed E-state index contributed by atoms with van der Waals surface area (Å²) in [5, 5.41) is 10.1. The lowest BCUT2D eigenvalue weighted by atomic mass is 10.2. The highest BCUT2D eigenvalue weighted by atomic mass is 32.2. The Morgan fingerprint density at radius 1 is 1.18 bits per heavy atom. The number of benzene rings is 2. The maximum atomic E-state index is 13.2. The molecule has 3 aromatic rings. The first-order chi connectivity index (χ1) is 13.5. The second-order valence-corrected chi connectivity index (χ2v) is 7.00. The Morgan fingerprint density at radius 3 is 2.61 bits per heavy atom. The molecule has 1 heterocycles. The van der Waals surface area contributed by atoms with Crippen LogP contribution in [0.3, 0.4) is 0 Å². The number of nitrogens with zero attached hydrogens (tertiary/aromatic N) is 2. The van der Waals surface area contributed by atoms with E-state index in [0.29, 0.717) is 12.5 Å². The topological polar surface area (TPSA) is 77.2 Å². The Morgan fingerprint density at radius 2 is 1.93 bits per heavy atom. The van der Waals surface area contributed by atoms with Crippen molar-refractivity contribution in [3.8, 4) is 17.2 Å². The molecule has 3 rings (SSSR count). The second-order valence-electron chi connectivity index (χ2n) is 5.71. The van der Waals surface area contributed by atoms with Gasteiger partial charge < -0.3 is 14.5 Å². The van der Waals surface area contributed by atoms with E-state index in [4.69, 9.17) is 9.15 Å². The van der Waals surface area contributed by atoms with Crippen LogP contribution in [0.4, 0.5) is 14.5 Å². The lowest BCUT2D eigenvalue weighted by Crippen LogP contribution is -2.22. The van der Waals surface area contributed by atoms with Crippen molar-refractivity contribution in [1.82, 2.24) is 10.2 Å². The first-order valence-electron chi connectivity index (χ1n) is 8.45. The van der Waals surface area contributed by atoms with E-state index in [1.54, 1.807) is 31.2 Å². The Kier molecular flexibility index (Phi) is 6.25. The van der Waals surface area contributed by atoms with Gasteiger partial charge in [-0.05, 0) is 50.2 Å². The maximum Gasteiger partial charge on any atom is 0.277 e. The Balaban J connectivity index is 1.61. The van der Waals surface area contributed by atoms with Crippen LogP contribution < -0.4 is 10.1 Å². The molecule has 0 aliphatic heterocycles. The molecule has 1 N–H and O–H groups in total. The molecule has 2 aromatic carbocycles. The zero-order valence-corrected chi connectivity index (χ0v) is 15.9. The van der Waals surface area contributed by atoms with Gasteiger partial charge in [-0.3, -0.25) is 4.79 Å². The molecule has 0 aliphatic carbocycles. The van der Waals surface area contributed by atoms with Gasteiger partial charge in [-0.2, -0.15) is 0 Å². The van der Waals surface area contributed by atoms with Gasteiger partial charge in [0.1, 0.15) is 5.75 Å². The van der Waals surface area contributed by atoms with Crippen LogP contribution >= 0.6 is 11.8 Å². The highest BCUT2D eigenvalue weighted by molar-refractivity contribution is 8.00. The predicted octanol–water partition coefficient (Wildman–Crippen LogP) is 4.53. The number of anilines is 1. The van der Waals surface area contributed by atoms with Crippen molar-refractivity contribution in [2.75, 3.05) is 11.9 Å². The molecule has 0 saturated heterocycles. The number of hydrogen-bond donors (Lipinski definition) is 1. The van der Waals surface area contributed by atoms with Gasteiger partial charge in [-0.15, -0.1) is 10.2 Å². The highest BCUT2D eigenvalue weighted by Crippen LogP contribution is 2.28. The monoisotopic (exact) mass is 405 g/mol. The lowest BCUT2D eigenvalue weighted by Gasteiger charge is -2.10. The molecule has 0 bridgehead atoms. The van der Waals surface area contributed by atoms with Gasteiger partial charge in [-0.25, -0.2) is 8.78 Å². The number of amides is 1. The van der Waals surface area contributed by atoms with Crippen molar-refractivity contribution < 1.29 is 22.7 Å². The van der Waals surface area contributed by atoms with E-state index >= 15 is 0 Å². The molecule has 28 heavy (non-hydrogen) atoms. The van der Waals surface area contributed by atoms with Crippen LogP contribution in [-0.4, -0.2) is 28.0 Å². The average molecular weight is 405 g/mol. The minimum Gasteiger partial charge on any atom is -0.494 e. The van der Waals surface area contributed by atoms with Gasteiger partial charge in [0.25, 0.3) is 5.22 Å². The number of nitrogens with one attached hydrogen (secondary N) is 1. The van der Waals surface area contributed by atoms with Gasteiger partial charge in [0.2, 0.25) is 11.8 Å². The number of thioether (sulfide) groups is 1. The molecular formula is C19H17F2N3O3S. The van der Waals surface area contributed by atoms with Crippen molar-refractivity contribution in [2.24, 2.45) is 0 Å². The molecule has 9 heteroatoms. The quantitative estimate of drug-likeness (QED) is 0.582. The summed E-state index contributed by atoms with van der Waals surface area (Å²) >= 11 is 1.06. The van der Waals surface area contributed by atoms with Gasteiger partial charge >= 0.3 is 0 Å². The molecule has 0 fully saturated rings. The Labute approximate surface area is 164 Å².